The molecule has 0 bridgehead atoms. The van der Waals surface area contributed by atoms with Crippen molar-refractivity contribution in [1.29, 1.82) is 0 Å². The standard InChI is InChI=1S/C16H24N6O/c1-5-15-20-16(22-21-15)13-7-23-8-14(13)19-10(3)12-6-17-11(4)18-9(12)2/h6,10,13-14,19H,5,7-8H2,1-4H3,(H,20,21,22)/t10?,13-,14+/m1/s1. The van der Waals surface area contributed by atoms with Gasteiger partial charge < -0.3 is 10.1 Å². The number of ether oxygens (including phenoxy) is 1. The number of rotatable bonds is 5. The van der Waals surface area contributed by atoms with E-state index in [2.05, 4.69) is 44.3 Å². The smallest absolute Gasteiger partial charge is 0.157 e. The summed E-state index contributed by atoms with van der Waals surface area (Å²) in [6.45, 7) is 9.43. The molecule has 124 valence electrons. The molecular formula is C16H24N6O. The highest BCUT2D eigenvalue weighted by Crippen LogP contribution is 2.26. The van der Waals surface area contributed by atoms with Crippen LogP contribution >= 0.6 is 0 Å². The van der Waals surface area contributed by atoms with E-state index in [1.165, 1.54) is 0 Å². The van der Waals surface area contributed by atoms with E-state index in [4.69, 9.17) is 4.74 Å². The zero-order valence-electron chi connectivity index (χ0n) is 14.1. The molecule has 3 atom stereocenters. The minimum atomic E-state index is 0.148. The predicted molar refractivity (Wildman–Crippen MR) is 86.2 cm³/mol. The van der Waals surface area contributed by atoms with Crippen molar-refractivity contribution in [2.24, 2.45) is 0 Å². The van der Waals surface area contributed by atoms with E-state index >= 15 is 0 Å². The molecular weight excluding hydrogens is 292 g/mol. The first kappa shape index (κ1) is 16.0. The summed E-state index contributed by atoms with van der Waals surface area (Å²) in [6.07, 6.45) is 2.76. The summed E-state index contributed by atoms with van der Waals surface area (Å²) in [4.78, 5) is 13.3. The first-order chi connectivity index (χ1) is 11.1. The van der Waals surface area contributed by atoms with Gasteiger partial charge in [0.1, 0.15) is 11.6 Å². The van der Waals surface area contributed by atoms with Crippen molar-refractivity contribution >= 4 is 0 Å². The molecule has 7 nitrogen and oxygen atoms in total. The highest BCUT2D eigenvalue weighted by Gasteiger charge is 2.33. The summed E-state index contributed by atoms with van der Waals surface area (Å²) < 4.78 is 5.67. The fourth-order valence-corrected chi connectivity index (χ4v) is 3.04. The Labute approximate surface area is 136 Å². The Hall–Kier alpha value is -1.86. The van der Waals surface area contributed by atoms with Crippen molar-refractivity contribution < 1.29 is 4.74 Å². The Morgan fingerprint density at radius 2 is 2.17 bits per heavy atom. The van der Waals surface area contributed by atoms with Crippen LogP contribution in [0, 0.1) is 13.8 Å². The maximum atomic E-state index is 5.67. The maximum Gasteiger partial charge on any atom is 0.157 e. The normalized spacial score (nSPS) is 22.4. The topological polar surface area (TPSA) is 88.6 Å². The van der Waals surface area contributed by atoms with E-state index in [-0.39, 0.29) is 18.0 Å². The number of aromatic nitrogens is 5. The average molecular weight is 316 g/mol. The van der Waals surface area contributed by atoms with Gasteiger partial charge in [0.15, 0.2) is 5.82 Å². The molecule has 1 unspecified atom stereocenters. The summed E-state index contributed by atoms with van der Waals surface area (Å²) in [5.74, 6) is 2.72. The molecule has 0 radical (unpaired) electrons. The number of hydrogen-bond acceptors (Lipinski definition) is 6. The summed E-state index contributed by atoms with van der Waals surface area (Å²) in [7, 11) is 0. The third-order valence-electron chi connectivity index (χ3n) is 4.36. The van der Waals surface area contributed by atoms with Gasteiger partial charge in [-0.25, -0.2) is 15.0 Å². The van der Waals surface area contributed by atoms with Crippen LogP contribution in [0.5, 0.6) is 0 Å². The lowest BCUT2D eigenvalue weighted by Crippen LogP contribution is -2.37. The Kier molecular flexibility index (Phi) is 4.68. The van der Waals surface area contributed by atoms with E-state index in [0.717, 1.165) is 35.2 Å². The summed E-state index contributed by atoms with van der Waals surface area (Å²) >= 11 is 0. The lowest BCUT2D eigenvalue weighted by molar-refractivity contribution is 0.186. The Balaban J connectivity index is 1.73. The van der Waals surface area contributed by atoms with Crippen molar-refractivity contribution in [1.82, 2.24) is 30.5 Å². The van der Waals surface area contributed by atoms with Gasteiger partial charge in [-0.2, -0.15) is 5.10 Å². The molecule has 0 spiro atoms. The number of aromatic amines is 1. The molecule has 1 aliphatic heterocycles. The highest BCUT2D eigenvalue weighted by atomic mass is 16.5. The van der Waals surface area contributed by atoms with Crippen LogP contribution in [-0.4, -0.2) is 44.4 Å². The van der Waals surface area contributed by atoms with Crippen LogP contribution < -0.4 is 5.32 Å². The summed E-state index contributed by atoms with van der Waals surface area (Å²) in [6, 6.07) is 0.334. The summed E-state index contributed by atoms with van der Waals surface area (Å²) in [5.41, 5.74) is 2.13. The van der Waals surface area contributed by atoms with Crippen LogP contribution in [-0.2, 0) is 11.2 Å². The van der Waals surface area contributed by atoms with Crippen LogP contribution in [0.3, 0.4) is 0 Å². The van der Waals surface area contributed by atoms with Crippen molar-refractivity contribution in [3.8, 4) is 0 Å². The molecule has 0 aromatic carbocycles. The molecule has 0 saturated carbocycles. The van der Waals surface area contributed by atoms with Gasteiger partial charge in [-0.15, -0.1) is 0 Å². The van der Waals surface area contributed by atoms with Gasteiger partial charge in [-0.3, -0.25) is 5.10 Å². The lowest BCUT2D eigenvalue weighted by atomic mass is 10.0. The summed E-state index contributed by atoms with van der Waals surface area (Å²) in [5, 5.41) is 11.0. The van der Waals surface area contributed by atoms with Crippen molar-refractivity contribution in [2.75, 3.05) is 13.2 Å². The molecule has 3 rings (SSSR count). The van der Waals surface area contributed by atoms with Gasteiger partial charge in [0, 0.05) is 36.0 Å². The molecule has 1 aliphatic rings. The molecule has 23 heavy (non-hydrogen) atoms. The molecule has 2 aromatic heterocycles. The van der Waals surface area contributed by atoms with Crippen LogP contribution in [0.2, 0.25) is 0 Å². The first-order valence-electron chi connectivity index (χ1n) is 8.13. The quantitative estimate of drug-likeness (QED) is 0.871. The number of nitrogens with zero attached hydrogens (tertiary/aromatic N) is 4. The predicted octanol–water partition coefficient (Wildman–Crippen LogP) is 1.61. The van der Waals surface area contributed by atoms with Gasteiger partial charge >= 0.3 is 0 Å². The minimum Gasteiger partial charge on any atom is -0.379 e. The van der Waals surface area contributed by atoms with Crippen molar-refractivity contribution in [3.63, 3.8) is 0 Å². The van der Waals surface area contributed by atoms with Crippen molar-refractivity contribution in [3.05, 3.63) is 34.9 Å². The van der Waals surface area contributed by atoms with Crippen LogP contribution in [0.15, 0.2) is 6.20 Å². The molecule has 2 aromatic rings. The number of aryl methyl sites for hydroxylation is 3. The molecule has 0 amide bonds. The van der Waals surface area contributed by atoms with E-state index in [1.54, 1.807) is 0 Å². The molecule has 3 heterocycles. The Bertz CT molecular complexity index is 670. The van der Waals surface area contributed by atoms with Gasteiger partial charge in [0.25, 0.3) is 0 Å². The monoisotopic (exact) mass is 316 g/mol. The Morgan fingerprint density at radius 3 is 2.87 bits per heavy atom. The van der Waals surface area contributed by atoms with Gasteiger partial charge in [-0.05, 0) is 20.8 Å². The minimum absolute atomic E-state index is 0.148. The fourth-order valence-electron chi connectivity index (χ4n) is 3.04. The van der Waals surface area contributed by atoms with E-state index in [1.807, 2.05) is 20.0 Å². The zero-order chi connectivity index (χ0) is 16.4. The second kappa shape index (κ2) is 6.72. The molecule has 1 saturated heterocycles. The largest absolute Gasteiger partial charge is 0.379 e. The molecule has 0 aliphatic carbocycles. The van der Waals surface area contributed by atoms with E-state index < -0.39 is 0 Å². The number of hydrogen-bond donors (Lipinski definition) is 2. The highest BCUT2D eigenvalue weighted by molar-refractivity contribution is 5.20. The van der Waals surface area contributed by atoms with E-state index in [0.29, 0.717) is 13.2 Å². The van der Waals surface area contributed by atoms with Crippen LogP contribution in [0.1, 0.15) is 54.5 Å². The third kappa shape index (κ3) is 3.40. The lowest BCUT2D eigenvalue weighted by Gasteiger charge is -2.23. The number of nitrogens with one attached hydrogen (secondary N) is 2. The van der Waals surface area contributed by atoms with E-state index in [9.17, 15) is 0 Å². The second-order valence-electron chi connectivity index (χ2n) is 6.09. The Morgan fingerprint density at radius 1 is 1.35 bits per heavy atom. The van der Waals surface area contributed by atoms with Crippen LogP contribution in [0.25, 0.3) is 0 Å². The maximum absolute atomic E-state index is 5.67. The first-order valence-corrected chi connectivity index (χ1v) is 8.13. The van der Waals surface area contributed by atoms with Gasteiger partial charge in [-0.1, -0.05) is 6.92 Å². The third-order valence-corrected chi connectivity index (χ3v) is 4.36. The number of H-pyrrole nitrogens is 1. The molecule has 7 heteroatoms. The molecule has 2 N–H and O–H groups in total. The van der Waals surface area contributed by atoms with Gasteiger partial charge in [0.05, 0.1) is 19.1 Å². The van der Waals surface area contributed by atoms with Gasteiger partial charge in [0.2, 0.25) is 0 Å². The SMILES string of the molecule is CCc1nc([C@@H]2COC[C@@H]2NC(C)c2cnc(C)nc2C)n[nH]1. The van der Waals surface area contributed by atoms with Crippen LogP contribution in [0.4, 0.5) is 0 Å². The second-order valence-corrected chi connectivity index (χ2v) is 6.09. The fraction of sp³-hybridized carbons (Fsp3) is 0.625. The molecule has 1 fully saturated rings. The van der Waals surface area contributed by atoms with Crippen molar-refractivity contribution in [2.45, 2.75) is 52.1 Å². The zero-order valence-corrected chi connectivity index (χ0v) is 14.1. The average Bonchev–Trinajstić information content (AvgIpc) is 3.15.